The third kappa shape index (κ3) is 4.92. The van der Waals surface area contributed by atoms with Crippen molar-refractivity contribution in [1.82, 2.24) is 29.5 Å². The highest BCUT2D eigenvalue weighted by Gasteiger charge is 2.20. The van der Waals surface area contributed by atoms with E-state index >= 15 is 0 Å². The fourth-order valence-electron chi connectivity index (χ4n) is 3.64. The van der Waals surface area contributed by atoms with Gasteiger partial charge in [-0.2, -0.15) is 0 Å². The molecule has 182 valence electrons. The van der Waals surface area contributed by atoms with E-state index in [0.29, 0.717) is 18.9 Å². The van der Waals surface area contributed by atoms with E-state index in [4.69, 9.17) is 9.15 Å². The van der Waals surface area contributed by atoms with Crippen molar-refractivity contribution in [3.8, 4) is 0 Å². The van der Waals surface area contributed by atoms with E-state index in [9.17, 15) is 19.2 Å². The SMILES string of the molecule is COCCn1cnc2c1c(=O)n(CC(=O)NNC(=O)c1ccoc1C)c(=O)n2Cc1ccccc1. The summed E-state index contributed by atoms with van der Waals surface area (Å²) in [7, 11) is 1.53. The lowest BCUT2D eigenvalue weighted by Gasteiger charge is -2.13. The lowest BCUT2D eigenvalue weighted by Crippen LogP contribution is -2.48. The molecule has 0 bridgehead atoms. The van der Waals surface area contributed by atoms with Crippen LogP contribution in [0.1, 0.15) is 21.7 Å². The Morgan fingerprint density at radius 2 is 1.86 bits per heavy atom. The van der Waals surface area contributed by atoms with Crippen molar-refractivity contribution in [2.75, 3.05) is 13.7 Å². The van der Waals surface area contributed by atoms with Gasteiger partial charge in [0.05, 0.1) is 31.3 Å². The Hall–Kier alpha value is -4.45. The number of furan rings is 1. The quantitative estimate of drug-likeness (QED) is 0.348. The number of aromatic nitrogens is 4. The van der Waals surface area contributed by atoms with Crippen molar-refractivity contribution >= 4 is 23.0 Å². The number of aryl methyl sites for hydroxylation is 1. The number of imidazole rings is 1. The van der Waals surface area contributed by atoms with E-state index in [1.165, 1.54) is 30.3 Å². The predicted octanol–water partition coefficient (Wildman–Crippen LogP) is 0.417. The smallest absolute Gasteiger partial charge is 0.333 e. The summed E-state index contributed by atoms with van der Waals surface area (Å²) in [6.07, 6.45) is 2.81. The number of nitrogens with one attached hydrogen (secondary N) is 2. The van der Waals surface area contributed by atoms with Gasteiger partial charge in [0, 0.05) is 13.7 Å². The summed E-state index contributed by atoms with van der Waals surface area (Å²) in [6, 6.07) is 10.7. The summed E-state index contributed by atoms with van der Waals surface area (Å²) in [5.41, 5.74) is 4.56. The van der Waals surface area contributed by atoms with Crippen LogP contribution >= 0.6 is 0 Å². The van der Waals surface area contributed by atoms with Crippen molar-refractivity contribution < 1.29 is 18.7 Å². The van der Waals surface area contributed by atoms with Crippen LogP contribution in [0.2, 0.25) is 0 Å². The standard InChI is InChI=1S/C23H24N6O6/c1-15-17(8-10-35-15)21(31)26-25-18(30)13-29-22(32)19-20(24-14-27(19)9-11-34-2)28(23(29)33)12-16-6-4-3-5-7-16/h3-8,10,14H,9,11-13H2,1-2H3,(H,25,30)(H,26,31). The molecule has 3 aromatic heterocycles. The number of methoxy groups -OCH3 is 1. The summed E-state index contributed by atoms with van der Waals surface area (Å²) in [4.78, 5) is 55.7. The maximum atomic E-state index is 13.3. The minimum Gasteiger partial charge on any atom is -0.469 e. The topological polar surface area (TPSA) is 142 Å². The van der Waals surface area contributed by atoms with Gasteiger partial charge in [-0.1, -0.05) is 30.3 Å². The van der Waals surface area contributed by atoms with Gasteiger partial charge in [0.15, 0.2) is 11.2 Å². The van der Waals surface area contributed by atoms with Crippen LogP contribution in [0.3, 0.4) is 0 Å². The van der Waals surface area contributed by atoms with Crippen molar-refractivity contribution in [1.29, 1.82) is 0 Å². The fourth-order valence-corrected chi connectivity index (χ4v) is 3.64. The van der Waals surface area contributed by atoms with Crippen LogP contribution in [0.15, 0.2) is 63.0 Å². The Labute approximate surface area is 198 Å². The average Bonchev–Trinajstić information content (AvgIpc) is 3.48. The normalized spacial score (nSPS) is 11.0. The summed E-state index contributed by atoms with van der Waals surface area (Å²) >= 11 is 0. The van der Waals surface area contributed by atoms with Crippen molar-refractivity contribution in [2.45, 2.75) is 26.6 Å². The molecule has 12 heteroatoms. The Morgan fingerprint density at radius 1 is 1.09 bits per heavy atom. The van der Waals surface area contributed by atoms with E-state index < -0.39 is 29.6 Å². The summed E-state index contributed by atoms with van der Waals surface area (Å²) in [5, 5.41) is 0. The van der Waals surface area contributed by atoms with Gasteiger partial charge in [-0.25, -0.2) is 14.3 Å². The monoisotopic (exact) mass is 480 g/mol. The van der Waals surface area contributed by atoms with Crippen molar-refractivity contribution in [2.24, 2.45) is 0 Å². The molecular formula is C23H24N6O6. The summed E-state index contributed by atoms with van der Waals surface area (Å²) in [6.45, 7) is 1.80. The lowest BCUT2D eigenvalue weighted by atomic mass is 10.2. The molecule has 0 aliphatic rings. The second kappa shape index (κ2) is 10.2. The zero-order valence-corrected chi connectivity index (χ0v) is 19.2. The van der Waals surface area contributed by atoms with Crippen molar-refractivity contribution in [3.63, 3.8) is 0 Å². The molecule has 0 atom stereocenters. The first-order valence-corrected chi connectivity index (χ1v) is 10.7. The van der Waals surface area contributed by atoms with E-state index in [2.05, 4.69) is 15.8 Å². The molecule has 2 N–H and O–H groups in total. The molecule has 0 aliphatic carbocycles. The number of hydrogen-bond acceptors (Lipinski definition) is 7. The molecule has 0 aliphatic heterocycles. The molecule has 0 radical (unpaired) electrons. The van der Waals surface area contributed by atoms with Crippen LogP contribution in [0, 0.1) is 6.92 Å². The van der Waals surface area contributed by atoms with Gasteiger partial charge in [-0.3, -0.25) is 29.8 Å². The Morgan fingerprint density at radius 3 is 2.54 bits per heavy atom. The van der Waals surface area contributed by atoms with Gasteiger partial charge in [0.25, 0.3) is 17.4 Å². The van der Waals surface area contributed by atoms with Crippen LogP contribution in [0.25, 0.3) is 11.2 Å². The molecular weight excluding hydrogens is 456 g/mol. The van der Waals surface area contributed by atoms with Crippen LogP contribution in [0.4, 0.5) is 0 Å². The Balaban J connectivity index is 1.67. The molecule has 0 saturated carbocycles. The highest BCUT2D eigenvalue weighted by atomic mass is 16.5. The van der Waals surface area contributed by atoms with Gasteiger partial charge < -0.3 is 13.7 Å². The van der Waals surface area contributed by atoms with E-state index in [1.54, 1.807) is 11.5 Å². The third-order valence-corrected chi connectivity index (χ3v) is 5.42. The molecule has 12 nitrogen and oxygen atoms in total. The van der Waals surface area contributed by atoms with Gasteiger partial charge in [0.2, 0.25) is 0 Å². The first kappa shape index (κ1) is 23.7. The lowest BCUT2D eigenvalue weighted by molar-refractivity contribution is -0.122. The second-order valence-corrected chi connectivity index (χ2v) is 7.74. The number of hydrogen-bond donors (Lipinski definition) is 2. The molecule has 1 aromatic carbocycles. The maximum absolute atomic E-state index is 13.3. The Bertz CT molecular complexity index is 1480. The first-order valence-electron chi connectivity index (χ1n) is 10.7. The number of rotatable bonds is 8. The largest absolute Gasteiger partial charge is 0.469 e. The number of hydrazine groups is 1. The van der Waals surface area contributed by atoms with E-state index in [0.717, 1.165) is 10.1 Å². The van der Waals surface area contributed by atoms with Gasteiger partial charge in [0.1, 0.15) is 12.3 Å². The number of ether oxygens (including phenoxy) is 1. The maximum Gasteiger partial charge on any atom is 0.333 e. The highest BCUT2D eigenvalue weighted by Crippen LogP contribution is 2.10. The highest BCUT2D eigenvalue weighted by molar-refractivity contribution is 5.96. The van der Waals surface area contributed by atoms with Gasteiger partial charge in [-0.15, -0.1) is 0 Å². The zero-order chi connectivity index (χ0) is 24.9. The minimum absolute atomic E-state index is 0.149. The average molecular weight is 480 g/mol. The first-order chi connectivity index (χ1) is 16.9. The van der Waals surface area contributed by atoms with Crippen LogP contribution in [-0.4, -0.2) is 44.2 Å². The van der Waals surface area contributed by atoms with Crippen LogP contribution in [-0.2, 0) is 29.2 Å². The fraction of sp³-hybridized carbons (Fsp3) is 0.261. The molecule has 3 heterocycles. The van der Waals surface area contributed by atoms with Crippen LogP contribution in [0.5, 0.6) is 0 Å². The number of carbonyl (C=O) groups excluding carboxylic acids is 2. The molecule has 4 aromatic rings. The minimum atomic E-state index is -0.757. The van der Waals surface area contributed by atoms with E-state index in [1.807, 2.05) is 30.3 Å². The molecule has 0 spiro atoms. The molecule has 0 saturated heterocycles. The van der Waals surface area contributed by atoms with Gasteiger partial charge >= 0.3 is 5.69 Å². The van der Waals surface area contributed by atoms with Crippen LogP contribution < -0.4 is 22.1 Å². The van der Waals surface area contributed by atoms with Gasteiger partial charge in [-0.05, 0) is 18.6 Å². The number of amides is 2. The molecule has 35 heavy (non-hydrogen) atoms. The summed E-state index contributed by atoms with van der Waals surface area (Å²) in [5.74, 6) is -0.967. The second-order valence-electron chi connectivity index (χ2n) is 7.74. The number of benzene rings is 1. The molecule has 0 fully saturated rings. The molecule has 0 unspecified atom stereocenters. The predicted molar refractivity (Wildman–Crippen MR) is 125 cm³/mol. The molecule has 4 rings (SSSR count). The number of fused-ring (bicyclic) bond motifs is 1. The van der Waals surface area contributed by atoms with Crippen molar-refractivity contribution in [3.05, 3.63) is 86.7 Å². The number of nitrogens with zero attached hydrogens (tertiary/aromatic N) is 4. The zero-order valence-electron chi connectivity index (χ0n) is 19.2. The third-order valence-electron chi connectivity index (χ3n) is 5.42. The summed E-state index contributed by atoms with van der Waals surface area (Å²) < 4.78 is 13.9. The molecule has 2 amide bonds. The Kier molecular flexibility index (Phi) is 6.92. The number of carbonyl (C=O) groups is 2. The van der Waals surface area contributed by atoms with E-state index in [-0.39, 0.29) is 23.3 Å².